The summed E-state index contributed by atoms with van der Waals surface area (Å²) in [5.41, 5.74) is 7.35. The van der Waals surface area contributed by atoms with Crippen LogP contribution in [0.15, 0.2) is 36.4 Å². The molecule has 0 bridgehead atoms. The average Bonchev–Trinajstić information content (AvgIpc) is 3.10. The standard InChI is InChI=1S/C14H18ClN/c1-10(2-3-11-4-5-11)14(16)12-6-8-13(15)9-7-12/h2-3,6-11,14H,4-5,16H2,1H3/b3-2+/t10-,14-/m0/s1. The maximum absolute atomic E-state index is 6.20. The van der Waals surface area contributed by atoms with Crippen molar-refractivity contribution in [2.75, 3.05) is 0 Å². The first kappa shape index (κ1) is 11.7. The second-order valence-corrected chi connectivity index (χ2v) is 5.10. The van der Waals surface area contributed by atoms with Crippen LogP contribution in [0, 0.1) is 11.8 Å². The Labute approximate surface area is 102 Å². The van der Waals surface area contributed by atoms with Crippen molar-refractivity contribution in [3.8, 4) is 0 Å². The van der Waals surface area contributed by atoms with Crippen molar-refractivity contribution in [1.29, 1.82) is 0 Å². The molecule has 0 saturated heterocycles. The largest absolute Gasteiger partial charge is 0.323 e. The van der Waals surface area contributed by atoms with Gasteiger partial charge in [-0.05, 0) is 42.4 Å². The number of benzene rings is 1. The smallest absolute Gasteiger partial charge is 0.0406 e. The maximum atomic E-state index is 6.20. The van der Waals surface area contributed by atoms with E-state index >= 15 is 0 Å². The lowest BCUT2D eigenvalue weighted by Crippen LogP contribution is -2.17. The fourth-order valence-electron chi connectivity index (χ4n) is 1.73. The molecule has 0 spiro atoms. The van der Waals surface area contributed by atoms with Crippen LogP contribution >= 0.6 is 11.6 Å². The van der Waals surface area contributed by atoms with E-state index < -0.39 is 0 Å². The van der Waals surface area contributed by atoms with Crippen LogP contribution in [0.25, 0.3) is 0 Å². The van der Waals surface area contributed by atoms with E-state index in [1.165, 1.54) is 12.8 Å². The summed E-state index contributed by atoms with van der Waals surface area (Å²) in [5.74, 6) is 1.20. The van der Waals surface area contributed by atoms with Crippen LogP contribution in [0.5, 0.6) is 0 Å². The van der Waals surface area contributed by atoms with E-state index in [0.717, 1.165) is 16.5 Å². The highest BCUT2D eigenvalue weighted by molar-refractivity contribution is 6.30. The van der Waals surface area contributed by atoms with Crippen LogP contribution in [0.4, 0.5) is 0 Å². The van der Waals surface area contributed by atoms with E-state index in [0.29, 0.717) is 5.92 Å². The van der Waals surface area contributed by atoms with Gasteiger partial charge in [0.25, 0.3) is 0 Å². The molecule has 0 unspecified atom stereocenters. The molecule has 2 N–H and O–H groups in total. The number of allylic oxidation sites excluding steroid dienone is 1. The SMILES string of the molecule is C[C@@H](/C=C/C1CC1)[C@H](N)c1ccc(Cl)cc1. The third-order valence-corrected chi connectivity index (χ3v) is 3.38. The van der Waals surface area contributed by atoms with Gasteiger partial charge in [-0.1, -0.05) is 42.8 Å². The third-order valence-electron chi connectivity index (χ3n) is 3.13. The third kappa shape index (κ3) is 3.10. The van der Waals surface area contributed by atoms with Crippen LogP contribution < -0.4 is 5.73 Å². The highest BCUT2D eigenvalue weighted by Gasteiger charge is 2.18. The monoisotopic (exact) mass is 235 g/mol. The molecule has 2 rings (SSSR count). The van der Waals surface area contributed by atoms with Crippen molar-refractivity contribution in [3.05, 3.63) is 47.0 Å². The molecule has 1 nitrogen and oxygen atoms in total. The summed E-state index contributed by atoms with van der Waals surface area (Å²) in [7, 11) is 0. The summed E-state index contributed by atoms with van der Waals surface area (Å²) in [5, 5.41) is 0.761. The van der Waals surface area contributed by atoms with Gasteiger partial charge in [0.2, 0.25) is 0 Å². The first-order chi connectivity index (χ1) is 7.66. The molecule has 1 aliphatic rings. The van der Waals surface area contributed by atoms with Gasteiger partial charge >= 0.3 is 0 Å². The molecule has 1 aromatic rings. The van der Waals surface area contributed by atoms with E-state index in [1.807, 2.05) is 24.3 Å². The second-order valence-electron chi connectivity index (χ2n) is 4.66. The predicted octanol–water partition coefficient (Wildman–Crippen LogP) is 3.94. The zero-order chi connectivity index (χ0) is 11.5. The summed E-state index contributed by atoms with van der Waals surface area (Å²) in [4.78, 5) is 0. The van der Waals surface area contributed by atoms with Gasteiger partial charge in [-0.3, -0.25) is 0 Å². The number of rotatable bonds is 4. The van der Waals surface area contributed by atoms with Gasteiger partial charge < -0.3 is 5.73 Å². The van der Waals surface area contributed by atoms with Gasteiger partial charge in [0.15, 0.2) is 0 Å². The Hall–Kier alpha value is -0.790. The second kappa shape index (κ2) is 5.03. The molecule has 2 atom stereocenters. The van der Waals surface area contributed by atoms with Gasteiger partial charge in [-0.25, -0.2) is 0 Å². The molecule has 1 saturated carbocycles. The van der Waals surface area contributed by atoms with Crippen molar-refractivity contribution in [3.63, 3.8) is 0 Å². The molecule has 0 radical (unpaired) electrons. The van der Waals surface area contributed by atoms with E-state index in [2.05, 4.69) is 19.1 Å². The van der Waals surface area contributed by atoms with Gasteiger partial charge in [0.05, 0.1) is 0 Å². The highest BCUT2D eigenvalue weighted by Crippen LogP contribution is 2.31. The summed E-state index contributed by atoms with van der Waals surface area (Å²) >= 11 is 5.85. The Kier molecular flexibility index (Phi) is 3.67. The van der Waals surface area contributed by atoms with Crippen LogP contribution in [0.3, 0.4) is 0 Å². The molecule has 1 aliphatic carbocycles. The minimum absolute atomic E-state index is 0.0623. The summed E-state index contributed by atoms with van der Waals surface area (Å²) in [6, 6.07) is 7.87. The summed E-state index contributed by atoms with van der Waals surface area (Å²) in [6.45, 7) is 2.16. The van der Waals surface area contributed by atoms with E-state index in [-0.39, 0.29) is 6.04 Å². The number of hydrogen-bond acceptors (Lipinski definition) is 1. The minimum Gasteiger partial charge on any atom is -0.323 e. The van der Waals surface area contributed by atoms with Gasteiger partial charge in [-0.15, -0.1) is 0 Å². The van der Waals surface area contributed by atoms with E-state index in [9.17, 15) is 0 Å². The Morgan fingerprint density at radius 2 is 1.94 bits per heavy atom. The van der Waals surface area contributed by atoms with Crippen molar-refractivity contribution in [2.45, 2.75) is 25.8 Å². The Morgan fingerprint density at radius 1 is 1.31 bits per heavy atom. The van der Waals surface area contributed by atoms with Gasteiger partial charge in [0, 0.05) is 11.1 Å². The predicted molar refractivity (Wildman–Crippen MR) is 69.4 cm³/mol. The summed E-state index contributed by atoms with van der Waals surface area (Å²) in [6.07, 6.45) is 7.25. The molecular formula is C14H18ClN. The van der Waals surface area contributed by atoms with Crippen LogP contribution in [0.2, 0.25) is 5.02 Å². The Bertz CT molecular complexity index is 365. The molecule has 1 fully saturated rings. The quantitative estimate of drug-likeness (QED) is 0.786. The molecule has 2 heteroatoms. The molecule has 16 heavy (non-hydrogen) atoms. The van der Waals surface area contributed by atoms with Crippen molar-refractivity contribution in [1.82, 2.24) is 0 Å². The van der Waals surface area contributed by atoms with Gasteiger partial charge in [-0.2, -0.15) is 0 Å². The normalized spacial score (nSPS) is 19.9. The fraction of sp³-hybridized carbons (Fsp3) is 0.429. The van der Waals surface area contributed by atoms with Crippen molar-refractivity contribution >= 4 is 11.6 Å². The molecule has 1 aromatic carbocycles. The highest BCUT2D eigenvalue weighted by atomic mass is 35.5. The van der Waals surface area contributed by atoms with E-state index in [1.54, 1.807) is 0 Å². The van der Waals surface area contributed by atoms with Crippen LogP contribution in [0.1, 0.15) is 31.4 Å². The minimum atomic E-state index is 0.0623. The van der Waals surface area contributed by atoms with Crippen molar-refractivity contribution in [2.24, 2.45) is 17.6 Å². The van der Waals surface area contributed by atoms with Crippen LogP contribution in [-0.4, -0.2) is 0 Å². The molecule has 86 valence electrons. The number of nitrogens with two attached hydrogens (primary N) is 1. The maximum Gasteiger partial charge on any atom is 0.0406 e. The first-order valence-electron chi connectivity index (χ1n) is 5.86. The molecule has 0 aliphatic heterocycles. The van der Waals surface area contributed by atoms with Crippen molar-refractivity contribution < 1.29 is 0 Å². The number of halogens is 1. The lowest BCUT2D eigenvalue weighted by molar-refractivity contribution is 0.565. The first-order valence-corrected chi connectivity index (χ1v) is 6.24. The molecule has 0 aromatic heterocycles. The lowest BCUT2D eigenvalue weighted by Gasteiger charge is -2.17. The zero-order valence-corrected chi connectivity index (χ0v) is 10.3. The fourth-order valence-corrected chi connectivity index (χ4v) is 1.86. The Balaban J connectivity index is 1.99. The molecule has 0 amide bonds. The molecular weight excluding hydrogens is 218 g/mol. The average molecular weight is 236 g/mol. The Morgan fingerprint density at radius 3 is 2.50 bits per heavy atom. The topological polar surface area (TPSA) is 26.0 Å². The van der Waals surface area contributed by atoms with Crippen LogP contribution in [-0.2, 0) is 0 Å². The van der Waals surface area contributed by atoms with E-state index in [4.69, 9.17) is 17.3 Å². The number of hydrogen-bond donors (Lipinski definition) is 1. The molecule has 0 heterocycles. The lowest BCUT2D eigenvalue weighted by atomic mass is 9.95. The summed E-state index contributed by atoms with van der Waals surface area (Å²) < 4.78 is 0. The zero-order valence-electron chi connectivity index (χ0n) is 9.57. The van der Waals surface area contributed by atoms with Gasteiger partial charge in [0.1, 0.15) is 0 Å².